The van der Waals surface area contributed by atoms with Crippen molar-refractivity contribution in [1.29, 1.82) is 0 Å². The Morgan fingerprint density at radius 2 is 1.85 bits per heavy atom. The summed E-state index contributed by atoms with van der Waals surface area (Å²) in [6.07, 6.45) is 4.44. The molecule has 1 aliphatic rings. The number of rotatable bonds is 7. The standard InChI is InChI=1S/C33H46N8O5/c1-21(2)24-17-35-41-28(40(31(44)46-33(6,7)8)19-23-18-38-13-10-9-11-27(38)36-23)15-26(37-29(24)41)34-16-22-12-14-39(20-25(22)42)30(43)45-32(3,4)5/h9-11,13,15,17-18,21-22,25,42H,12,14,16,19-20H2,1-8H3,(H,34,37)/t22-,25+/m1/s1. The second-order valence-electron chi connectivity index (χ2n) is 14.2. The van der Waals surface area contributed by atoms with E-state index in [2.05, 4.69) is 24.3 Å². The van der Waals surface area contributed by atoms with Gasteiger partial charge in [0.05, 0.1) is 31.1 Å². The number of carbonyl (C=O) groups excluding carboxylic acids is 2. The third-order valence-electron chi connectivity index (χ3n) is 7.65. The molecule has 4 aromatic rings. The second kappa shape index (κ2) is 12.8. The summed E-state index contributed by atoms with van der Waals surface area (Å²) in [6, 6.07) is 7.51. The molecule has 0 saturated carbocycles. The molecule has 0 bridgehead atoms. The number of anilines is 2. The van der Waals surface area contributed by atoms with E-state index in [9.17, 15) is 14.7 Å². The van der Waals surface area contributed by atoms with E-state index >= 15 is 0 Å². The van der Waals surface area contributed by atoms with Gasteiger partial charge >= 0.3 is 12.2 Å². The number of carbonyl (C=O) groups is 2. The van der Waals surface area contributed by atoms with Gasteiger partial charge in [0.1, 0.15) is 28.5 Å². The molecule has 2 N–H and O–H groups in total. The van der Waals surface area contributed by atoms with Crippen LogP contribution in [0.4, 0.5) is 21.2 Å². The second-order valence-corrected chi connectivity index (χ2v) is 14.2. The van der Waals surface area contributed by atoms with E-state index in [1.807, 2.05) is 76.5 Å². The van der Waals surface area contributed by atoms with Crippen molar-refractivity contribution >= 4 is 35.1 Å². The summed E-state index contributed by atoms with van der Waals surface area (Å²) in [4.78, 5) is 39.1. The zero-order chi connectivity index (χ0) is 33.4. The number of fused-ring (bicyclic) bond motifs is 2. The first-order valence-electron chi connectivity index (χ1n) is 15.8. The number of hydrogen-bond donors (Lipinski definition) is 2. The number of aliphatic hydroxyl groups is 1. The maximum atomic E-state index is 13.8. The number of aliphatic hydroxyl groups excluding tert-OH is 1. The Hall–Kier alpha value is -4.39. The maximum absolute atomic E-state index is 13.8. The van der Waals surface area contributed by atoms with Crippen LogP contribution in [0.25, 0.3) is 11.3 Å². The number of β-amino-alcohol motifs (C(OH)–C–C–N with tert-alkyl or cyclic N) is 1. The molecule has 1 fully saturated rings. The fourth-order valence-electron chi connectivity index (χ4n) is 5.38. The molecular weight excluding hydrogens is 588 g/mol. The summed E-state index contributed by atoms with van der Waals surface area (Å²) in [6.45, 7) is 16.3. The predicted molar refractivity (Wildman–Crippen MR) is 175 cm³/mol. The van der Waals surface area contributed by atoms with Crippen LogP contribution in [0.1, 0.15) is 79.0 Å². The van der Waals surface area contributed by atoms with Crippen molar-refractivity contribution in [2.75, 3.05) is 29.9 Å². The average Bonchev–Trinajstić information content (AvgIpc) is 3.57. The van der Waals surface area contributed by atoms with Crippen molar-refractivity contribution in [3.8, 4) is 0 Å². The minimum absolute atomic E-state index is 0.125. The van der Waals surface area contributed by atoms with Gasteiger partial charge in [0, 0.05) is 43.0 Å². The fourth-order valence-corrected chi connectivity index (χ4v) is 5.38. The molecular formula is C33H46N8O5. The Balaban J connectivity index is 1.45. The average molecular weight is 635 g/mol. The van der Waals surface area contributed by atoms with Gasteiger partial charge in [-0.2, -0.15) is 9.61 Å². The smallest absolute Gasteiger partial charge is 0.416 e. The van der Waals surface area contributed by atoms with Crippen molar-refractivity contribution in [3.05, 3.63) is 54.1 Å². The van der Waals surface area contributed by atoms with Crippen molar-refractivity contribution in [2.24, 2.45) is 5.92 Å². The Labute approximate surface area is 269 Å². The van der Waals surface area contributed by atoms with Crippen LogP contribution in [0.5, 0.6) is 0 Å². The van der Waals surface area contributed by atoms with Crippen molar-refractivity contribution in [2.45, 2.75) is 91.6 Å². The molecule has 13 nitrogen and oxygen atoms in total. The van der Waals surface area contributed by atoms with Crippen molar-refractivity contribution < 1.29 is 24.2 Å². The molecule has 1 aliphatic heterocycles. The number of piperidine rings is 1. The number of ether oxygens (including phenoxy) is 2. The molecule has 0 spiro atoms. The third-order valence-corrected chi connectivity index (χ3v) is 7.65. The molecule has 4 aromatic heterocycles. The van der Waals surface area contributed by atoms with Gasteiger partial charge in [0.15, 0.2) is 5.65 Å². The molecule has 2 amide bonds. The Morgan fingerprint density at radius 1 is 1.11 bits per heavy atom. The van der Waals surface area contributed by atoms with Crippen LogP contribution in [0.15, 0.2) is 42.9 Å². The van der Waals surface area contributed by atoms with Crippen LogP contribution in [0, 0.1) is 5.92 Å². The van der Waals surface area contributed by atoms with Gasteiger partial charge in [-0.1, -0.05) is 19.9 Å². The molecule has 248 valence electrons. The number of nitrogens with zero attached hydrogens (tertiary/aromatic N) is 7. The molecule has 1 saturated heterocycles. The molecule has 5 heterocycles. The molecule has 46 heavy (non-hydrogen) atoms. The van der Waals surface area contributed by atoms with Crippen molar-refractivity contribution in [3.63, 3.8) is 0 Å². The zero-order valence-electron chi connectivity index (χ0n) is 28.0. The summed E-state index contributed by atoms with van der Waals surface area (Å²) in [5.74, 6) is 0.983. The summed E-state index contributed by atoms with van der Waals surface area (Å²) in [5, 5.41) is 19.0. The molecule has 0 aliphatic carbocycles. The number of likely N-dealkylation sites (tertiary alicyclic amines) is 1. The molecule has 2 atom stereocenters. The van der Waals surface area contributed by atoms with E-state index in [-0.39, 0.29) is 24.9 Å². The van der Waals surface area contributed by atoms with Crippen LogP contribution in [-0.4, -0.2) is 83.1 Å². The molecule has 5 rings (SSSR count). The zero-order valence-corrected chi connectivity index (χ0v) is 28.0. The highest BCUT2D eigenvalue weighted by molar-refractivity contribution is 5.88. The Morgan fingerprint density at radius 3 is 2.50 bits per heavy atom. The van der Waals surface area contributed by atoms with E-state index in [0.717, 1.165) is 11.2 Å². The minimum atomic E-state index is -0.744. The topological polar surface area (TPSA) is 139 Å². The van der Waals surface area contributed by atoms with Gasteiger partial charge in [-0.15, -0.1) is 0 Å². The van der Waals surface area contributed by atoms with Gasteiger partial charge in [0.2, 0.25) is 0 Å². The first-order valence-corrected chi connectivity index (χ1v) is 15.8. The summed E-state index contributed by atoms with van der Waals surface area (Å²) in [7, 11) is 0. The highest BCUT2D eigenvalue weighted by Gasteiger charge is 2.33. The highest BCUT2D eigenvalue weighted by atomic mass is 16.6. The van der Waals surface area contributed by atoms with Crippen LogP contribution in [0.2, 0.25) is 0 Å². The lowest BCUT2D eigenvalue weighted by Gasteiger charge is -2.36. The molecule has 0 aromatic carbocycles. The highest BCUT2D eigenvalue weighted by Crippen LogP contribution is 2.29. The number of pyridine rings is 1. The molecule has 13 heteroatoms. The van der Waals surface area contributed by atoms with Gasteiger partial charge < -0.3 is 29.2 Å². The van der Waals surface area contributed by atoms with Gasteiger partial charge in [-0.3, -0.25) is 4.90 Å². The number of aromatic nitrogens is 5. The largest absolute Gasteiger partial charge is 0.444 e. The quantitative estimate of drug-likeness (QED) is 0.271. The first kappa shape index (κ1) is 33.0. The molecule has 0 unspecified atom stereocenters. The lowest BCUT2D eigenvalue weighted by molar-refractivity contribution is -0.0104. The van der Waals surface area contributed by atoms with Crippen LogP contribution < -0.4 is 10.2 Å². The Kier molecular flexibility index (Phi) is 9.16. The van der Waals surface area contributed by atoms with Crippen LogP contribution >= 0.6 is 0 Å². The van der Waals surface area contributed by atoms with Gasteiger partial charge in [-0.25, -0.2) is 19.6 Å². The Bertz CT molecular complexity index is 1670. The van der Waals surface area contributed by atoms with Gasteiger partial charge in [-0.05, 0) is 66.0 Å². The first-order chi connectivity index (χ1) is 21.6. The van der Waals surface area contributed by atoms with Crippen LogP contribution in [-0.2, 0) is 16.0 Å². The fraction of sp³-hybridized carbons (Fsp3) is 0.545. The predicted octanol–water partition coefficient (Wildman–Crippen LogP) is 5.47. The maximum Gasteiger partial charge on any atom is 0.416 e. The number of hydrogen-bond acceptors (Lipinski definition) is 9. The normalized spacial score (nSPS) is 17.5. The lowest BCUT2D eigenvalue weighted by Crippen LogP contribution is -2.49. The molecule has 0 radical (unpaired) electrons. The summed E-state index contributed by atoms with van der Waals surface area (Å²) in [5.41, 5.74) is 1.63. The van der Waals surface area contributed by atoms with E-state index in [1.165, 1.54) is 4.90 Å². The number of amides is 2. The van der Waals surface area contributed by atoms with E-state index in [0.29, 0.717) is 42.5 Å². The van der Waals surface area contributed by atoms with Crippen LogP contribution in [0.3, 0.4) is 0 Å². The number of imidazole rings is 1. The van der Waals surface area contributed by atoms with E-state index < -0.39 is 29.5 Å². The summed E-state index contributed by atoms with van der Waals surface area (Å²) < 4.78 is 14.9. The third kappa shape index (κ3) is 7.69. The minimum Gasteiger partial charge on any atom is -0.444 e. The SMILES string of the molecule is CC(C)c1cnn2c(N(Cc3cn4ccccc4n3)C(=O)OC(C)(C)C)cc(NC[C@H]3CCN(C(=O)OC(C)(C)C)C[C@@H]3O)nc12. The van der Waals surface area contributed by atoms with Crippen molar-refractivity contribution in [1.82, 2.24) is 28.9 Å². The van der Waals surface area contributed by atoms with E-state index in [4.69, 9.17) is 19.4 Å². The number of nitrogens with one attached hydrogen (secondary N) is 1. The lowest BCUT2D eigenvalue weighted by atomic mass is 9.94. The summed E-state index contributed by atoms with van der Waals surface area (Å²) >= 11 is 0. The van der Waals surface area contributed by atoms with Gasteiger partial charge in [0.25, 0.3) is 0 Å². The monoisotopic (exact) mass is 634 g/mol. The van der Waals surface area contributed by atoms with E-state index in [1.54, 1.807) is 21.7 Å².